The minimum atomic E-state index is 0.439. The van der Waals surface area contributed by atoms with Gasteiger partial charge < -0.3 is 9.26 Å². The molecular weight excluding hydrogens is 154 g/mol. The number of rotatable bonds is 1. The Labute approximate surface area is 69.9 Å². The number of aryl methyl sites for hydroxylation is 1. The van der Waals surface area contributed by atoms with Crippen molar-refractivity contribution in [3.8, 4) is 5.88 Å². The maximum atomic E-state index is 5.06. The van der Waals surface area contributed by atoms with Crippen molar-refractivity contribution in [3.05, 3.63) is 30.9 Å². The van der Waals surface area contributed by atoms with Gasteiger partial charge in [0.2, 0.25) is 0 Å². The van der Waals surface area contributed by atoms with E-state index in [2.05, 4.69) is 12.3 Å². The normalized spacial score (nSPS) is 10.5. The zero-order valence-electron chi connectivity index (χ0n) is 6.70. The van der Waals surface area contributed by atoms with E-state index in [1.54, 1.807) is 0 Å². The largest absolute Gasteiger partial charge is 0.471 e. The molecule has 3 nitrogen and oxygen atoms in total. The molecule has 12 heavy (non-hydrogen) atoms. The third kappa shape index (κ3) is 0.863. The van der Waals surface area contributed by atoms with Gasteiger partial charge in [0.1, 0.15) is 7.11 Å². The Bertz CT molecular complexity index is 406. The number of aromatic nitrogens is 1. The Morgan fingerprint density at radius 1 is 1.50 bits per heavy atom. The Morgan fingerprint density at radius 2 is 2.33 bits per heavy atom. The first kappa shape index (κ1) is 7.16. The van der Waals surface area contributed by atoms with Gasteiger partial charge in [0.25, 0.3) is 5.88 Å². The van der Waals surface area contributed by atoms with Gasteiger partial charge in [-0.2, -0.15) is 0 Å². The molecule has 0 saturated heterocycles. The van der Waals surface area contributed by atoms with Gasteiger partial charge in [0, 0.05) is 0 Å². The molecule has 0 aliphatic heterocycles. The summed E-state index contributed by atoms with van der Waals surface area (Å²) in [5.74, 6) is 0.439. The van der Waals surface area contributed by atoms with Crippen LogP contribution in [0.3, 0.4) is 0 Å². The highest BCUT2D eigenvalue weighted by molar-refractivity contribution is 5.84. The number of benzene rings is 1. The lowest BCUT2D eigenvalue weighted by molar-refractivity contribution is 0.379. The van der Waals surface area contributed by atoms with Crippen molar-refractivity contribution >= 4 is 11.0 Å². The fourth-order valence-corrected chi connectivity index (χ4v) is 1.18. The summed E-state index contributed by atoms with van der Waals surface area (Å²) in [7, 11) is 3.29. The molecule has 0 N–H and O–H groups in total. The van der Waals surface area contributed by atoms with E-state index in [1.165, 1.54) is 0 Å². The summed E-state index contributed by atoms with van der Waals surface area (Å²) >= 11 is 0. The smallest absolute Gasteiger partial charge is 0.262 e. The first-order valence-corrected chi connectivity index (χ1v) is 3.60. The molecule has 0 bridgehead atoms. The monoisotopic (exact) mass is 162 g/mol. The van der Waals surface area contributed by atoms with Gasteiger partial charge in [0.05, 0.1) is 5.39 Å². The summed E-state index contributed by atoms with van der Waals surface area (Å²) in [5.41, 5.74) is 1.81. The number of ether oxygens (including phenoxy) is 1. The fourth-order valence-electron chi connectivity index (χ4n) is 1.18. The van der Waals surface area contributed by atoms with Crippen molar-refractivity contribution in [1.82, 2.24) is 5.16 Å². The van der Waals surface area contributed by atoms with E-state index in [1.807, 2.05) is 25.1 Å². The van der Waals surface area contributed by atoms with E-state index in [-0.39, 0.29) is 0 Å². The highest BCUT2D eigenvalue weighted by Gasteiger charge is 2.08. The van der Waals surface area contributed by atoms with Crippen LogP contribution in [0.1, 0.15) is 5.56 Å². The maximum absolute atomic E-state index is 5.06. The second kappa shape index (κ2) is 2.52. The van der Waals surface area contributed by atoms with Crippen LogP contribution in [0.2, 0.25) is 0 Å². The van der Waals surface area contributed by atoms with Gasteiger partial charge in [0.15, 0.2) is 5.58 Å². The molecule has 0 spiro atoms. The van der Waals surface area contributed by atoms with Crippen LogP contribution in [0.4, 0.5) is 0 Å². The predicted octanol–water partition coefficient (Wildman–Crippen LogP) is 2.31. The van der Waals surface area contributed by atoms with Gasteiger partial charge in [-0.1, -0.05) is 12.1 Å². The number of para-hydroxylation sites is 1. The van der Waals surface area contributed by atoms with Crippen molar-refractivity contribution < 1.29 is 9.26 Å². The molecular formula is C9H8NO2. The highest BCUT2D eigenvalue weighted by Crippen LogP contribution is 2.26. The van der Waals surface area contributed by atoms with Crippen molar-refractivity contribution in [2.24, 2.45) is 0 Å². The predicted molar refractivity (Wildman–Crippen MR) is 44.7 cm³/mol. The molecule has 0 amide bonds. The van der Waals surface area contributed by atoms with Gasteiger partial charge in [-0.25, -0.2) is 0 Å². The van der Waals surface area contributed by atoms with E-state index < -0.39 is 0 Å². The molecule has 0 saturated carbocycles. The summed E-state index contributed by atoms with van der Waals surface area (Å²) < 4.78 is 9.82. The molecule has 0 unspecified atom stereocenters. The Kier molecular flexibility index (Phi) is 1.50. The van der Waals surface area contributed by atoms with E-state index >= 15 is 0 Å². The minimum Gasteiger partial charge on any atom is -0.471 e. The van der Waals surface area contributed by atoms with Crippen LogP contribution in [-0.4, -0.2) is 5.16 Å². The summed E-state index contributed by atoms with van der Waals surface area (Å²) in [4.78, 5) is 0. The topological polar surface area (TPSA) is 35.3 Å². The Balaban J connectivity index is 2.80. The average Bonchev–Trinajstić information content (AvgIpc) is 2.49. The molecule has 3 heteroatoms. The van der Waals surface area contributed by atoms with E-state index in [0.29, 0.717) is 5.88 Å². The van der Waals surface area contributed by atoms with Crippen LogP contribution >= 0.6 is 0 Å². The summed E-state index contributed by atoms with van der Waals surface area (Å²) in [6.45, 7) is 1.96. The lowest BCUT2D eigenvalue weighted by Crippen LogP contribution is -1.78. The Hall–Kier alpha value is -1.51. The minimum absolute atomic E-state index is 0.439. The van der Waals surface area contributed by atoms with Crippen LogP contribution < -0.4 is 4.74 Å². The van der Waals surface area contributed by atoms with Crippen molar-refractivity contribution in [1.29, 1.82) is 0 Å². The second-order valence-corrected chi connectivity index (χ2v) is 2.58. The molecule has 1 aromatic carbocycles. The molecule has 2 aromatic rings. The first-order valence-electron chi connectivity index (χ1n) is 3.60. The van der Waals surface area contributed by atoms with Gasteiger partial charge in [-0.05, 0) is 23.7 Å². The summed E-state index contributed by atoms with van der Waals surface area (Å²) in [5, 5.41) is 4.58. The molecule has 1 aromatic heterocycles. The van der Waals surface area contributed by atoms with E-state index in [9.17, 15) is 0 Å². The third-order valence-electron chi connectivity index (χ3n) is 1.80. The number of hydrogen-bond donors (Lipinski definition) is 0. The van der Waals surface area contributed by atoms with E-state index in [4.69, 9.17) is 9.26 Å². The highest BCUT2D eigenvalue weighted by atomic mass is 16.5. The zero-order valence-corrected chi connectivity index (χ0v) is 6.70. The molecule has 0 aliphatic rings. The standard InChI is InChI=1S/C9H8NO2/c1-6-4-3-5-7-8(6)12-10-9(7)11-2/h3-5H,2H2,1H3. The molecule has 1 heterocycles. The summed E-state index contributed by atoms with van der Waals surface area (Å²) in [6.07, 6.45) is 0. The van der Waals surface area contributed by atoms with Crippen LogP contribution in [0.5, 0.6) is 5.88 Å². The van der Waals surface area contributed by atoms with E-state index in [0.717, 1.165) is 16.5 Å². The Morgan fingerprint density at radius 3 is 3.08 bits per heavy atom. The number of nitrogens with zero attached hydrogens (tertiary/aromatic N) is 1. The van der Waals surface area contributed by atoms with Gasteiger partial charge in [-0.3, -0.25) is 0 Å². The molecule has 0 aliphatic carbocycles. The average molecular weight is 162 g/mol. The molecule has 0 atom stereocenters. The lowest BCUT2D eigenvalue weighted by atomic mass is 10.2. The molecule has 0 fully saturated rings. The lowest BCUT2D eigenvalue weighted by Gasteiger charge is -1.92. The molecule has 1 radical (unpaired) electrons. The van der Waals surface area contributed by atoms with Crippen LogP contribution in [0.15, 0.2) is 22.7 Å². The quantitative estimate of drug-likeness (QED) is 0.645. The first-order chi connectivity index (χ1) is 5.83. The SMILES string of the molecule is [CH2]Oc1noc2c(C)cccc12. The number of hydrogen-bond acceptors (Lipinski definition) is 3. The van der Waals surface area contributed by atoms with Crippen LogP contribution in [0, 0.1) is 14.0 Å². The van der Waals surface area contributed by atoms with Crippen LogP contribution in [-0.2, 0) is 0 Å². The number of fused-ring (bicyclic) bond motifs is 1. The summed E-state index contributed by atoms with van der Waals surface area (Å²) in [6, 6.07) is 5.77. The van der Waals surface area contributed by atoms with Crippen molar-refractivity contribution in [3.63, 3.8) is 0 Å². The maximum Gasteiger partial charge on any atom is 0.262 e. The van der Waals surface area contributed by atoms with Crippen molar-refractivity contribution in [2.45, 2.75) is 6.92 Å². The van der Waals surface area contributed by atoms with Crippen LogP contribution in [0.25, 0.3) is 11.0 Å². The second-order valence-electron chi connectivity index (χ2n) is 2.58. The van der Waals surface area contributed by atoms with Gasteiger partial charge >= 0.3 is 0 Å². The third-order valence-corrected chi connectivity index (χ3v) is 1.80. The fraction of sp³-hybridized carbons (Fsp3) is 0.111. The molecule has 61 valence electrons. The molecule has 2 rings (SSSR count). The van der Waals surface area contributed by atoms with Crippen molar-refractivity contribution in [2.75, 3.05) is 0 Å². The van der Waals surface area contributed by atoms with Gasteiger partial charge in [-0.15, -0.1) is 0 Å². The zero-order chi connectivity index (χ0) is 8.55.